The Kier molecular flexibility index (Phi) is 5.82. The molecule has 0 aliphatic rings. The minimum absolute atomic E-state index is 0.0744. The highest BCUT2D eigenvalue weighted by Gasteiger charge is 2.29. The Morgan fingerprint density at radius 2 is 1.88 bits per heavy atom. The number of carboxylic acid groups (broad SMARTS) is 1. The van der Waals surface area contributed by atoms with Crippen LogP contribution in [0.4, 0.5) is 4.79 Å². The lowest BCUT2D eigenvalue weighted by Gasteiger charge is -2.25. The second-order valence-electron chi connectivity index (χ2n) is 5.40. The van der Waals surface area contributed by atoms with Crippen molar-refractivity contribution in [3.63, 3.8) is 0 Å². The molecule has 0 aromatic heterocycles. The fraction of sp³-hybridized carbons (Fsp3) is 0.222. The molecule has 24 heavy (non-hydrogen) atoms. The second-order valence-corrected chi connectivity index (χ2v) is 5.81. The average molecular weight is 348 g/mol. The number of halogens is 1. The highest BCUT2D eigenvalue weighted by molar-refractivity contribution is 6.31. The van der Waals surface area contributed by atoms with Crippen molar-refractivity contribution in [3.8, 4) is 0 Å². The number of ether oxygens (including phenoxy) is 1. The smallest absolute Gasteiger partial charge is 0.410 e. The lowest BCUT2D eigenvalue weighted by molar-refractivity contribution is -0.142. The van der Waals surface area contributed by atoms with E-state index in [1.165, 1.54) is 7.05 Å². The van der Waals surface area contributed by atoms with Crippen LogP contribution in [0.15, 0.2) is 48.5 Å². The van der Waals surface area contributed by atoms with Gasteiger partial charge in [-0.25, -0.2) is 9.59 Å². The monoisotopic (exact) mass is 347 g/mol. The van der Waals surface area contributed by atoms with E-state index in [1.54, 1.807) is 18.2 Å². The molecule has 2 rings (SSSR count). The quantitative estimate of drug-likeness (QED) is 0.886. The predicted octanol–water partition coefficient (Wildman–Crippen LogP) is 4.04. The number of likely N-dealkylation sites (N-methyl/N-ethyl adjacent to an activating group) is 1. The summed E-state index contributed by atoms with van der Waals surface area (Å²) < 4.78 is 5.19. The van der Waals surface area contributed by atoms with Gasteiger partial charge < -0.3 is 9.84 Å². The molecule has 2 aromatic rings. The number of hydrogen-bond donors (Lipinski definition) is 1. The van der Waals surface area contributed by atoms with Gasteiger partial charge in [-0.05, 0) is 29.7 Å². The van der Waals surface area contributed by atoms with E-state index in [1.807, 2.05) is 37.3 Å². The Bertz CT molecular complexity index is 733. The van der Waals surface area contributed by atoms with E-state index in [9.17, 15) is 14.7 Å². The molecule has 5 nitrogen and oxygen atoms in total. The minimum Gasteiger partial charge on any atom is -0.479 e. The van der Waals surface area contributed by atoms with Gasteiger partial charge in [0.05, 0.1) is 0 Å². The Hall–Kier alpha value is -2.53. The van der Waals surface area contributed by atoms with Gasteiger partial charge in [0.2, 0.25) is 0 Å². The van der Waals surface area contributed by atoms with E-state index in [4.69, 9.17) is 16.3 Å². The van der Waals surface area contributed by atoms with Gasteiger partial charge in [-0.1, -0.05) is 54.1 Å². The number of aliphatic carboxylic acids is 1. The third-order valence-corrected chi connectivity index (χ3v) is 4.03. The summed E-state index contributed by atoms with van der Waals surface area (Å²) in [7, 11) is 1.39. The summed E-state index contributed by atoms with van der Waals surface area (Å²) in [5.41, 5.74) is 2.07. The molecule has 0 heterocycles. The van der Waals surface area contributed by atoms with Gasteiger partial charge in [0.15, 0.2) is 6.04 Å². The molecular formula is C18H18ClNO4. The van der Waals surface area contributed by atoms with Crippen molar-refractivity contribution in [1.82, 2.24) is 4.90 Å². The van der Waals surface area contributed by atoms with E-state index >= 15 is 0 Å². The van der Waals surface area contributed by atoms with Gasteiger partial charge in [0.1, 0.15) is 6.61 Å². The van der Waals surface area contributed by atoms with Crippen LogP contribution in [-0.4, -0.2) is 29.1 Å². The summed E-state index contributed by atoms with van der Waals surface area (Å²) in [6, 6.07) is 12.9. The van der Waals surface area contributed by atoms with Crippen LogP contribution >= 0.6 is 11.6 Å². The first-order chi connectivity index (χ1) is 11.4. The zero-order valence-electron chi connectivity index (χ0n) is 13.4. The summed E-state index contributed by atoms with van der Waals surface area (Å²) in [6.07, 6.45) is -0.719. The molecule has 1 atom stereocenters. The first-order valence-corrected chi connectivity index (χ1v) is 7.70. The molecule has 6 heteroatoms. The number of carbonyl (C=O) groups excluding carboxylic acids is 1. The van der Waals surface area contributed by atoms with Gasteiger partial charge in [0, 0.05) is 12.1 Å². The highest BCUT2D eigenvalue weighted by atomic mass is 35.5. The lowest BCUT2D eigenvalue weighted by atomic mass is 10.0. The molecule has 0 radical (unpaired) electrons. The van der Waals surface area contributed by atoms with Crippen LogP contribution in [0, 0.1) is 6.92 Å². The number of carbonyl (C=O) groups is 2. The normalized spacial score (nSPS) is 11.6. The maximum atomic E-state index is 12.2. The molecule has 0 aliphatic carbocycles. The number of amides is 1. The fourth-order valence-corrected chi connectivity index (χ4v) is 2.43. The molecule has 0 bridgehead atoms. The lowest BCUT2D eigenvalue weighted by Crippen LogP contribution is -2.36. The zero-order chi connectivity index (χ0) is 17.7. The number of aryl methyl sites for hydroxylation is 1. The molecule has 0 fully saturated rings. The molecule has 1 N–H and O–H groups in total. The second kappa shape index (κ2) is 7.84. The largest absolute Gasteiger partial charge is 0.479 e. The predicted molar refractivity (Wildman–Crippen MR) is 91.0 cm³/mol. The first-order valence-electron chi connectivity index (χ1n) is 7.32. The zero-order valence-corrected chi connectivity index (χ0v) is 14.2. The number of rotatable bonds is 5. The standard InChI is InChI=1S/C18H18ClNO4/c1-12-8-9-14(10-15(12)19)16(17(21)22)20(2)18(23)24-11-13-6-4-3-5-7-13/h3-10,16H,11H2,1-2H3,(H,21,22). The topological polar surface area (TPSA) is 66.8 Å². The van der Waals surface area contributed by atoms with Crippen LogP contribution in [0.5, 0.6) is 0 Å². The van der Waals surface area contributed by atoms with Crippen LogP contribution in [0.3, 0.4) is 0 Å². The number of nitrogens with zero attached hydrogens (tertiary/aromatic N) is 1. The van der Waals surface area contributed by atoms with Crippen molar-refractivity contribution in [2.75, 3.05) is 7.05 Å². The Morgan fingerprint density at radius 3 is 2.46 bits per heavy atom. The van der Waals surface area contributed by atoms with Crippen LogP contribution in [0.1, 0.15) is 22.7 Å². The molecule has 0 aliphatic heterocycles. The van der Waals surface area contributed by atoms with Gasteiger partial charge in [-0.3, -0.25) is 4.90 Å². The van der Waals surface area contributed by atoms with Gasteiger partial charge in [-0.2, -0.15) is 0 Å². The molecule has 1 amide bonds. The summed E-state index contributed by atoms with van der Waals surface area (Å²) >= 11 is 6.06. The van der Waals surface area contributed by atoms with Gasteiger partial charge in [-0.15, -0.1) is 0 Å². The Morgan fingerprint density at radius 1 is 1.21 bits per heavy atom. The van der Waals surface area contributed by atoms with E-state index in [-0.39, 0.29) is 6.61 Å². The SMILES string of the molecule is Cc1ccc(C(C(=O)O)N(C)C(=O)OCc2ccccc2)cc1Cl. The molecule has 0 saturated heterocycles. The van der Waals surface area contributed by atoms with Gasteiger partial charge >= 0.3 is 12.1 Å². The summed E-state index contributed by atoms with van der Waals surface area (Å²) in [6.45, 7) is 1.89. The Labute approximate surface area is 145 Å². The average Bonchev–Trinajstić information content (AvgIpc) is 2.56. The first kappa shape index (κ1) is 17.8. The van der Waals surface area contributed by atoms with Gasteiger partial charge in [0.25, 0.3) is 0 Å². The molecule has 2 aromatic carbocycles. The number of benzene rings is 2. The van der Waals surface area contributed by atoms with E-state index in [0.29, 0.717) is 10.6 Å². The minimum atomic E-state index is -1.17. The van der Waals surface area contributed by atoms with E-state index in [2.05, 4.69) is 0 Å². The summed E-state index contributed by atoms with van der Waals surface area (Å²) in [5.74, 6) is -1.16. The molecular weight excluding hydrogens is 330 g/mol. The van der Waals surface area contributed by atoms with Crippen molar-refractivity contribution in [2.24, 2.45) is 0 Å². The highest BCUT2D eigenvalue weighted by Crippen LogP contribution is 2.25. The molecule has 0 spiro atoms. The maximum absolute atomic E-state index is 12.2. The maximum Gasteiger partial charge on any atom is 0.410 e. The van der Waals surface area contributed by atoms with Crippen LogP contribution in [0.25, 0.3) is 0 Å². The third kappa shape index (κ3) is 4.26. The van der Waals surface area contributed by atoms with Crippen LogP contribution in [-0.2, 0) is 16.1 Å². The van der Waals surface area contributed by atoms with Crippen LogP contribution < -0.4 is 0 Å². The van der Waals surface area contributed by atoms with Crippen molar-refractivity contribution < 1.29 is 19.4 Å². The molecule has 0 saturated carbocycles. The van der Waals surface area contributed by atoms with Crippen LogP contribution in [0.2, 0.25) is 5.02 Å². The molecule has 1 unspecified atom stereocenters. The Balaban J connectivity index is 2.13. The van der Waals surface area contributed by atoms with Crippen molar-refractivity contribution in [3.05, 3.63) is 70.2 Å². The molecule has 126 valence electrons. The van der Waals surface area contributed by atoms with E-state index < -0.39 is 18.1 Å². The number of carboxylic acids is 1. The summed E-state index contributed by atoms with van der Waals surface area (Å²) in [4.78, 5) is 24.9. The van der Waals surface area contributed by atoms with Crippen molar-refractivity contribution >= 4 is 23.7 Å². The van der Waals surface area contributed by atoms with Crippen molar-refractivity contribution in [2.45, 2.75) is 19.6 Å². The number of hydrogen-bond acceptors (Lipinski definition) is 3. The van der Waals surface area contributed by atoms with E-state index in [0.717, 1.165) is 16.0 Å². The summed E-state index contributed by atoms with van der Waals surface area (Å²) in [5, 5.41) is 9.95. The fourth-order valence-electron chi connectivity index (χ4n) is 2.24. The van der Waals surface area contributed by atoms with Crippen molar-refractivity contribution in [1.29, 1.82) is 0 Å². The third-order valence-electron chi connectivity index (χ3n) is 3.63.